The van der Waals surface area contributed by atoms with Gasteiger partial charge in [0.1, 0.15) is 17.3 Å². The molecule has 5 rings (SSSR count). The normalized spacial score (nSPS) is 12.4. The molecule has 3 amide bonds. The van der Waals surface area contributed by atoms with Gasteiger partial charge in [-0.25, -0.2) is 9.18 Å². The number of imide groups is 1. The van der Waals surface area contributed by atoms with Crippen LogP contribution in [0.4, 0.5) is 20.6 Å². The van der Waals surface area contributed by atoms with Crippen LogP contribution in [0.2, 0.25) is 0 Å². The van der Waals surface area contributed by atoms with Crippen LogP contribution in [-0.4, -0.2) is 39.2 Å². The lowest BCUT2D eigenvalue weighted by Crippen LogP contribution is -2.43. The van der Waals surface area contributed by atoms with Crippen molar-refractivity contribution in [2.75, 3.05) is 37.5 Å². The molecule has 40 heavy (non-hydrogen) atoms. The van der Waals surface area contributed by atoms with Gasteiger partial charge < -0.3 is 24.4 Å². The standard InChI is InChI=1S/C31H30FN3O5/c1-19-9-12-26-21(14-19)7-5-13-35(26)18-30(36)34-31(37)33-25-11-10-22(16-24(25)32)40-27-8-4-6-20-15-28(38-2)29(39-3)17-23(20)27/h4,6,8-12,14-17H,5,7,13,18H2,1-3H3,(H2,33,34,36,37). The Morgan fingerprint density at radius 3 is 2.52 bits per heavy atom. The minimum Gasteiger partial charge on any atom is -0.493 e. The van der Waals surface area contributed by atoms with E-state index < -0.39 is 17.8 Å². The Morgan fingerprint density at radius 1 is 0.950 bits per heavy atom. The third kappa shape index (κ3) is 5.78. The smallest absolute Gasteiger partial charge is 0.326 e. The molecule has 4 aromatic carbocycles. The first-order valence-corrected chi connectivity index (χ1v) is 12.9. The number of fused-ring (bicyclic) bond motifs is 2. The number of carbonyl (C=O) groups is 2. The van der Waals surface area contributed by atoms with Gasteiger partial charge in [-0.2, -0.15) is 0 Å². The predicted octanol–water partition coefficient (Wildman–Crippen LogP) is 6.20. The van der Waals surface area contributed by atoms with Crippen molar-refractivity contribution in [1.29, 1.82) is 0 Å². The quantitative estimate of drug-likeness (QED) is 0.289. The maximum absolute atomic E-state index is 14.9. The number of rotatable bonds is 7. The maximum Gasteiger partial charge on any atom is 0.326 e. The first-order valence-electron chi connectivity index (χ1n) is 12.9. The second-order valence-corrected chi connectivity index (χ2v) is 9.59. The molecule has 4 aromatic rings. The molecule has 1 aliphatic heterocycles. The number of anilines is 2. The lowest BCUT2D eigenvalue weighted by atomic mass is 9.99. The Kier molecular flexibility index (Phi) is 7.72. The summed E-state index contributed by atoms with van der Waals surface area (Å²) in [6.07, 6.45) is 1.88. The highest BCUT2D eigenvalue weighted by atomic mass is 19.1. The number of nitrogens with zero attached hydrogens (tertiary/aromatic N) is 1. The van der Waals surface area contributed by atoms with Gasteiger partial charge in [-0.1, -0.05) is 29.8 Å². The number of benzene rings is 4. The van der Waals surface area contributed by atoms with Gasteiger partial charge >= 0.3 is 6.03 Å². The van der Waals surface area contributed by atoms with Crippen LogP contribution in [0.15, 0.2) is 66.7 Å². The van der Waals surface area contributed by atoms with Crippen molar-refractivity contribution in [3.05, 3.63) is 83.7 Å². The minimum atomic E-state index is -0.811. The number of hydrogen-bond acceptors (Lipinski definition) is 6. The van der Waals surface area contributed by atoms with Gasteiger partial charge in [0, 0.05) is 23.7 Å². The van der Waals surface area contributed by atoms with E-state index in [0.29, 0.717) is 17.2 Å². The zero-order chi connectivity index (χ0) is 28.2. The molecule has 1 aliphatic rings. The summed E-state index contributed by atoms with van der Waals surface area (Å²) in [7, 11) is 3.11. The highest BCUT2D eigenvalue weighted by molar-refractivity contribution is 6.02. The fourth-order valence-corrected chi connectivity index (χ4v) is 4.91. The van der Waals surface area contributed by atoms with E-state index in [2.05, 4.69) is 16.7 Å². The molecule has 0 saturated carbocycles. The van der Waals surface area contributed by atoms with Crippen molar-refractivity contribution in [3.8, 4) is 23.0 Å². The molecule has 9 heteroatoms. The molecule has 0 atom stereocenters. The van der Waals surface area contributed by atoms with Crippen LogP contribution in [0.3, 0.4) is 0 Å². The number of methoxy groups -OCH3 is 2. The average Bonchev–Trinajstić information content (AvgIpc) is 2.93. The zero-order valence-electron chi connectivity index (χ0n) is 22.5. The summed E-state index contributed by atoms with van der Waals surface area (Å²) >= 11 is 0. The number of urea groups is 1. The lowest BCUT2D eigenvalue weighted by molar-refractivity contribution is -0.118. The van der Waals surface area contributed by atoms with Crippen LogP contribution in [0.5, 0.6) is 23.0 Å². The number of amides is 3. The Bertz CT molecular complexity index is 1590. The monoisotopic (exact) mass is 543 g/mol. The van der Waals surface area contributed by atoms with Crippen LogP contribution in [0.25, 0.3) is 10.8 Å². The van der Waals surface area contributed by atoms with Crippen molar-refractivity contribution in [2.45, 2.75) is 19.8 Å². The Morgan fingerprint density at radius 2 is 1.75 bits per heavy atom. The minimum absolute atomic E-state index is 0.0282. The Balaban J connectivity index is 1.23. The van der Waals surface area contributed by atoms with Gasteiger partial charge in [0.05, 0.1) is 26.5 Å². The summed E-state index contributed by atoms with van der Waals surface area (Å²) in [4.78, 5) is 27.0. The first kappa shape index (κ1) is 26.8. The molecule has 0 fully saturated rings. The number of aryl methyl sites for hydroxylation is 2. The third-order valence-corrected chi connectivity index (χ3v) is 6.80. The van der Waals surface area contributed by atoms with E-state index in [1.165, 1.54) is 29.3 Å². The van der Waals surface area contributed by atoms with Gasteiger partial charge in [-0.05, 0) is 67.1 Å². The number of nitrogens with one attached hydrogen (secondary N) is 2. The summed E-state index contributed by atoms with van der Waals surface area (Å²) in [5.74, 6) is 0.671. The Labute approximate surface area is 231 Å². The third-order valence-electron chi connectivity index (χ3n) is 6.80. The highest BCUT2D eigenvalue weighted by Crippen LogP contribution is 2.38. The molecule has 0 unspecified atom stereocenters. The lowest BCUT2D eigenvalue weighted by Gasteiger charge is -2.30. The maximum atomic E-state index is 14.9. The average molecular weight is 544 g/mol. The molecule has 0 aliphatic carbocycles. The van der Waals surface area contributed by atoms with E-state index in [-0.39, 0.29) is 18.0 Å². The Hall–Kier alpha value is -4.79. The molecule has 2 N–H and O–H groups in total. The summed E-state index contributed by atoms with van der Waals surface area (Å²) in [5.41, 5.74) is 3.27. The number of halogens is 1. The van der Waals surface area contributed by atoms with E-state index in [1.807, 2.05) is 42.2 Å². The summed E-state index contributed by atoms with van der Waals surface area (Å²) in [5, 5.41) is 6.31. The molecule has 0 spiro atoms. The largest absolute Gasteiger partial charge is 0.493 e. The van der Waals surface area contributed by atoms with Crippen molar-refractivity contribution in [1.82, 2.24) is 5.32 Å². The molecular formula is C31H30FN3O5. The second-order valence-electron chi connectivity index (χ2n) is 9.59. The summed E-state index contributed by atoms with van der Waals surface area (Å²) < 4.78 is 31.6. The molecule has 0 aromatic heterocycles. The van der Waals surface area contributed by atoms with Crippen molar-refractivity contribution < 1.29 is 28.2 Å². The van der Waals surface area contributed by atoms with Crippen LogP contribution in [0.1, 0.15) is 17.5 Å². The van der Waals surface area contributed by atoms with E-state index in [9.17, 15) is 14.0 Å². The van der Waals surface area contributed by atoms with Crippen molar-refractivity contribution in [2.24, 2.45) is 0 Å². The van der Waals surface area contributed by atoms with Crippen molar-refractivity contribution >= 4 is 34.1 Å². The molecular weight excluding hydrogens is 513 g/mol. The van der Waals surface area contributed by atoms with Crippen LogP contribution in [0, 0.1) is 12.7 Å². The van der Waals surface area contributed by atoms with E-state index in [0.717, 1.165) is 35.8 Å². The molecule has 1 heterocycles. The molecule has 0 bridgehead atoms. The van der Waals surface area contributed by atoms with Crippen molar-refractivity contribution in [3.63, 3.8) is 0 Å². The van der Waals surface area contributed by atoms with Gasteiger partial charge in [0.2, 0.25) is 5.91 Å². The van der Waals surface area contributed by atoms with Gasteiger partial charge in [0.25, 0.3) is 0 Å². The topological polar surface area (TPSA) is 89.1 Å². The van der Waals surface area contributed by atoms with E-state index >= 15 is 0 Å². The molecule has 0 radical (unpaired) electrons. The second kappa shape index (κ2) is 11.5. The van der Waals surface area contributed by atoms with E-state index in [1.54, 1.807) is 26.4 Å². The highest BCUT2D eigenvalue weighted by Gasteiger charge is 2.20. The molecule has 206 valence electrons. The fourth-order valence-electron chi connectivity index (χ4n) is 4.91. The molecule has 8 nitrogen and oxygen atoms in total. The zero-order valence-corrected chi connectivity index (χ0v) is 22.5. The number of carbonyl (C=O) groups excluding carboxylic acids is 2. The van der Waals surface area contributed by atoms with Gasteiger partial charge in [-0.3, -0.25) is 10.1 Å². The number of hydrogen-bond donors (Lipinski definition) is 2. The van der Waals surface area contributed by atoms with Crippen LogP contribution in [-0.2, 0) is 11.2 Å². The predicted molar refractivity (Wildman–Crippen MR) is 152 cm³/mol. The summed E-state index contributed by atoms with van der Waals surface area (Å²) in [6.45, 7) is 2.78. The van der Waals surface area contributed by atoms with Gasteiger partial charge in [-0.15, -0.1) is 0 Å². The summed E-state index contributed by atoms with van der Waals surface area (Å²) in [6, 6.07) is 18.5. The molecule has 0 saturated heterocycles. The fraction of sp³-hybridized carbons (Fsp3) is 0.226. The van der Waals surface area contributed by atoms with Crippen LogP contribution < -0.4 is 29.7 Å². The van der Waals surface area contributed by atoms with Crippen LogP contribution >= 0.6 is 0 Å². The van der Waals surface area contributed by atoms with E-state index in [4.69, 9.17) is 14.2 Å². The SMILES string of the molecule is COc1cc2cccc(Oc3ccc(NC(=O)NC(=O)CN4CCCc5cc(C)ccc54)c(F)c3)c2cc1OC. The van der Waals surface area contributed by atoms with Gasteiger partial charge in [0.15, 0.2) is 11.5 Å². The number of ether oxygens (including phenoxy) is 3. The first-order chi connectivity index (χ1) is 19.3.